The molecular weight excluding hydrogens is 283 g/mol. The minimum Gasteiger partial charge on any atom is -0.291 e. The van der Waals surface area contributed by atoms with Crippen LogP contribution in [0, 0.1) is 5.82 Å². The molecule has 0 spiro atoms. The van der Waals surface area contributed by atoms with Gasteiger partial charge in [-0.2, -0.15) is 0 Å². The maximum Gasteiger partial charge on any atom is 0.269 e. The first-order chi connectivity index (χ1) is 10.6. The Labute approximate surface area is 126 Å². The molecule has 1 aromatic heterocycles. The SMILES string of the molecule is CCC(=O)c1nc2cccc(F)c2c(=O)n1C1=CCCC=C1. The minimum atomic E-state index is -0.625. The molecular formula is C17H15FN2O2. The Kier molecular flexibility index (Phi) is 3.71. The highest BCUT2D eigenvalue weighted by Gasteiger charge is 2.20. The van der Waals surface area contributed by atoms with Crippen molar-refractivity contribution in [1.82, 2.24) is 9.55 Å². The van der Waals surface area contributed by atoms with Gasteiger partial charge in [-0.05, 0) is 31.1 Å². The molecule has 0 unspecified atom stereocenters. The Morgan fingerprint density at radius 3 is 2.86 bits per heavy atom. The van der Waals surface area contributed by atoms with Gasteiger partial charge in [-0.1, -0.05) is 25.1 Å². The van der Waals surface area contributed by atoms with Crippen LogP contribution >= 0.6 is 0 Å². The molecule has 0 aliphatic heterocycles. The van der Waals surface area contributed by atoms with Gasteiger partial charge in [-0.15, -0.1) is 0 Å². The molecule has 112 valence electrons. The summed E-state index contributed by atoms with van der Waals surface area (Å²) >= 11 is 0. The number of halogens is 1. The highest BCUT2D eigenvalue weighted by atomic mass is 19.1. The van der Waals surface area contributed by atoms with Gasteiger partial charge in [0.1, 0.15) is 11.2 Å². The predicted molar refractivity (Wildman–Crippen MR) is 83.2 cm³/mol. The monoisotopic (exact) mass is 298 g/mol. The number of benzene rings is 1. The molecule has 3 rings (SSSR count). The summed E-state index contributed by atoms with van der Waals surface area (Å²) < 4.78 is 15.3. The van der Waals surface area contributed by atoms with Crippen LogP contribution in [0.25, 0.3) is 16.6 Å². The number of nitrogens with zero attached hydrogens (tertiary/aromatic N) is 2. The molecule has 1 heterocycles. The Bertz CT molecular complexity index is 878. The number of aromatic nitrogens is 2. The van der Waals surface area contributed by atoms with Gasteiger partial charge >= 0.3 is 0 Å². The van der Waals surface area contributed by atoms with Crippen molar-refractivity contribution in [2.24, 2.45) is 0 Å². The predicted octanol–water partition coefficient (Wildman–Crippen LogP) is 3.32. The lowest BCUT2D eigenvalue weighted by atomic mass is 10.1. The number of rotatable bonds is 3. The molecule has 1 aromatic carbocycles. The molecule has 1 aliphatic carbocycles. The first-order valence-corrected chi connectivity index (χ1v) is 7.25. The minimum absolute atomic E-state index is 0.0587. The van der Waals surface area contributed by atoms with E-state index in [2.05, 4.69) is 4.98 Å². The lowest BCUT2D eigenvalue weighted by molar-refractivity contribution is 0.0976. The maximum absolute atomic E-state index is 14.0. The molecule has 0 bridgehead atoms. The molecule has 0 N–H and O–H groups in total. The molecule has 0 atom stereocenters. The largest absolute Gasteiger partial charge is 0.291 e. The van der Waals surface area contributed by atoms with Crippen molar-refractivity contribution in [3.8, 4) is 0 Å². The van der Waals surface area contributed by atoms with E-state index in [1.807, 2.05) is 12.2 Å². The third-order valence-corrected chi connectivity index (χ3v) is 3.65. The Morgan fingerprint density at radius 2 is 2.18 bits per heavy atom. The van der Waals surface area contributed by atoms with Crippen LogP contribution in [0.3, 0.4) is 0 Å². The van der Waals surface area contributed by atoms with Crippen molar-refractivity contribution in [2.75, 3.05) is 0 Å². The van der Waals surface area contributed by atoms with Gasteiger partial charge in [0.05, 0.1) is 5.52 Å². The number of hydrogen-bond acceptors (Lipinski definition) is 3. The third-order valence-electron chi connectivity index (χ3n) is 3.65. The number of Topliss-reactive ketones (excluding diaryl/α,β-unsaturated/α-hetero) is 1. The van der Waals surface area contributed by atoms with Gasteiger partial charge in [0.25, 0.3) is 5.56 Å². The summed E-state index contributed by atoms with van der Waals surface area (Å²) in [6.45, 7) is 1.71. The van der Waals surface area contributed by atoms with Crippen LogP contribution in [0.4, 0.5) is 4.39 Å². The molecule has 2 aromatic rings. The lowest BCUT2D eigenvalue weighted by Crippen LogP contribution is -2.27. The molecule has 0 radical (unpaired) electrons. The number of fused-ring (bicyclic) bond motifs is 1. The average molecular weight is 298 g/mol. The van der Waals surface area contributed by atoms with Crippen molar-refractivity contribution in [2.45, 2.75) is 26.2 Å². The van der Waals surface area contributed by atoms with E-state index in [1.54, 1.807) is 19.1 Å². The third kappa shape index (κ3) is 2.28. The summed E-state index contributed by atoms with van der Waals surface area (Å²) in [5, 5.41) is -0.0879. The Morgan fingerprint density at radius 1 is 1.36 bits per heavy atom. The Hall–Kier alpha value is -2.56. The van der Waals surface area contributed by atoms with E-state index in [0.717, 1.165) is 12.8 Å². The summed E-state index contributed by atoms with van der Waals surface area (Å²) in [4.78, 5) is 29.2. The number of carbonyl (C=O) groups is 1. The van der Waals surface area contributed by atoms with Crippen LogP contribution in [-0.2, 0) is 0 Å². The standard InChI is InChI=1S/C17H15FN2O2/c1-2-14(21)16-19-13-10-6-9-12(18)15(13)17(22)20(16)11-7-4-3-5-8-11/h4,6-10H,2-3,5H2,1H3. The molecule has 0 amide bonds. The lowest BCUT2D eigenvalue weighted by Gasteiger charge is -2.15. The van der Waals surface area contributed by atoms with Gasteiger partial charge < -0.3 is 0 Å². The van der Waals surface area contributed by atoms with Gasteiger partial charge in [0.2, 0.25) is 0 Å². The van der Waals surface area contributed by atoms with Crippen LogP contribution < -0.4 is 5.56 Å². The zero-order valence-electron chi connectivity index (χ0n) is 12.2. The smallest absolute Gasteiger partial charge is 0.269 e. The van der Waals surface area contributed by atoms with Crippen molar-refractivity contribution in [3.05, 3.63) is 58.4 Å². The van der Waals surface area contributed by atoms with Crippen molar-refractivity contribution < 1.29 is 9.18 Å². The van der Waals surface area contributed by atoms with Crippen molar-refractivity contribution in [3.63, 3.8) is 0 Å². The Balaban J connectivity index is 2.41. The van der Waals surface area contributed by atoms with E-state index < -0.39 is 11.4 Å². The first-order valence-electron chi connectivity index (χ1n) is 7.25. The van der Waals surface area contributed by atoms with Crippen LogP contribution in [-0.4, -0.2) is 15.3 Å². The zero-order valence-corrected chi connectivity index (χ0v) is 12.2. The fraction of sp³-hybridized carbons (Fsp3) is 0.235. The van der Waals surface area contributed by atoms with E-state index in [1.165, 1.54) is 16.7 Å². The van der Waals surface area contributed by atoms with Crippen LogP contribution in [0.2, 0.25) is 0 Å². The molecule has 0 saturated carbocycles. The van der Waals surface area contributed by atoms with Gasteiger partial charge in [0.15, 0.2) is 11.6 Å². The summed E-state index contributed by atoms with van der Waals surface area (Å²) in [5.74, 6) is -0.814. The summed E-state index contributed by atoms with van der Waals surface area (Å²) in [7, 11) is 0. The van der Waals surface area contributed by atoms with E-state index in [-0.39, 0.29) is 28.9 Å². The topological polar surface area (TPSA) is 52.0 Å². The second-order valence-corrected chi connectivity index (χ2v) is 5.10. The van der Waals surface area contributed by atoms with E-state index >= 15 is 0 Å². The molecule has 0 saturated heterocycles. The summed E-state index contributed by atoms with van der Waals surface area (Å²) in [6.07, 6.45) is 7.43. The quantitative estimate of drug-likeness (QED) is 0.817. The van der Waals surface area contributed by atoms with Crippen LogP contribution in [0.1, 0.15) is 36.8 Å². The van der Waals surface area contributed by atoms with Gasteiger partial charge in [-0.25, -0.2) is 9.37 Å². The van der Waals surface area contributed by atoms with Crippen molar-refractivity contribution >= 4 is 22.4 Å². The fourth-order valence-electron chi connectivity index (χ4n) is 2.54. The highest BCUT2D eigenvalue weighted by Crippen LogP contribution is 2.19. The van der Waals surface area contributed by atoms with E-state index in [0.29, 0.717) is 5.70 Å². The van der Waals surface area contributed by atoms with E-state index in [4.69, 9.17) is 0 Å². The molecule has 22 heavy (non-hydrogen) atoms. The molecule has 0 fully saturated rings. The molecule has 5 heteroatoms. The number of hydrogen-bond donors (Lipinski definition) is 0. The normalized spacial score (nSPS) is 14.2. The second kappa shape index (κ2) is 5.67. The van der Waals surface area contributed by atoms with E-state index in [9.17, 15) is 14.0 Å². The van der Waals surface area contributed by atoms with Gasteiger partial charge in [0, 0.05) is 12.1 Å². The number of ketones is 1. The first kappa shape index (κ1) is 14.4. The summed E-state index contributed by atoms with van der Waals surface area (Å²) in [5.41, 5.74) is 0.238. The number of carbonyl (C=O) groups excluding carboxylic acids is 1. The average Bonchev–Trinajstić information content (AvgIpc) is 2.54. The van der Waals surface area contributed by atoms with Crippen LogP contribution in [0.15, 0.2) is 41.2 Å². The van der Waals surface area contributed by atoms with Crippen molar-refractivity contribution in [1.29, 1.82) is 0 Å². The maximum atomic E-state index is 14.0. The molecule has 4 nitrogen and oxygen atoms in total. The fourth-order valence-corrected chi connectivity index (χ4v) is 2.54. The van der Waals surface area contributed by atoms with Gasteiger partial charge in [-0.3, -0.25) is 14.2 Å². The highest BCUT2D eigenvalue weighted by molar-refractivity contribution is 5.96. The summed E-state index contributed by atoms with van der Waals surface area (Å²) in [6, 6.07) is 4.25. The zero-order chi connectivity index (χ0) is 15.7. The number of allylic oxidation sites excluding steroid dienone is 4. The van der Waals surface area contributed by atoms with Crippen LogP contribution in [0.5, 0.6) is 0 Å². The second-order valence-electron chi connectivity index (χ2n) is 5.10. The molecule has 1 aliphatic rings.